The molecule has 0 bridgehead atoms. The summed E-state index contributed by atoms with van der Waals surface area (Å²) in [5.41, 5.74) is 0.416. The third kappa shape index (κ3) is 5.40. The van der Waals surface area contributed by atoms with Crippen LogP contribution in [0.2, 0.25) is 0 Å². The molecule has 0 aromatic heterocycles. The molecule has 0 aliphatic rings. The Kier molecular flexibility index (Phi) is 5.56. The lowest BCUT2D eigenvalue weighted by Gasteiger charge is -2.06. The fraction of sp³-hybridized carbons (Fsp3) is 0.417. The lowest BCUT2D eigenvalue weighted by Crippen LogP contribution is -2.17. The van der Waals surface area contributed by atoms with Crippen LogP contribution in [0.3, 0.4) is 0 Å². The maximum Gasteiger partial charge on any atom is 0.302 e. The third-order valence-electron chi connectivity index (χ3n) is 2.13. The molecule has 0 aliphatic heterocycles. The van der Waals surface area contributed by atoms with Crippen LogP contribution in [0.5, 0.6) is 0 Å². The van der Waals surface area contributed by atoms with Gasteiger partial charge in [-0.05, 0) is 19.0 Å². The Morgan fingerprint density at radius 1 is 1.41 bits per heavy atom. The fourth-order valence-electron chi connectivity index (χ4n) is 1.30. The molecule has 94 valence electrons. The minimum absolute atomic E-state index is 0.311. The lowest BCUT2D eigenvalue weighted by atomic mass is 10.2. The number of halogens is 2. The van der Waals surface area contributed by atoms with Crippen molar-refractivity contribution >= 4 is 5.97 Å². The van der Waals surface area contributed by atoms with E-state index in [-0.39, 0.29) is 5.97 Å². The van der Waals surface area contributed by atoms with Crippen molar-refractivity contribution in [1.82, 2.24) is 5.32 Å². The van der Waals surface area contributed by atoms with Gasteiger partial charge in [-0.15, -0.1) is 0 Å². The maximum atomic E-state index is 13.2. The van der Waals surface area contributed by atoms with Gasteiger partial charge in [-0.25, -0.2) is 8.78 Å². The molecule has 0 saturated heterocycles. The largest absolute Gasteiger partial charge is 0.466 e. The fourth-order valence-corrected chi connectivity index (χ4v) is 1.30. The van der Waals surface area contributed by atoms with Gasteiger partial charge in [0, 0.05) is 25.1 Å². The van der Waals surface area contributed by atoms with Crippen LogP contribution in [0.15, 0.2) is 18.2 Å². The molecule has 5 heteroatoms. The van der Waals surface area contributed by atoms with E-state index in [2.05, 4.69) is 5.32 Å². The van der Waals surface area contributed by atoms with Gasteiger partial charge in [-0.1, -0.05) is 6.07 Å². The number of hydrogen-bond donors (Lipinski definition) is 1. The average molecular weight is 243 g/mol. The Hall–Kier alpha value is -1.49. The number of hydrogen-bond acceptors (Lipinski definition) is 3. The SMILES string of the molecule is CC(=O)OCCCNCc1ccc(F)cc1F. The first-order valence-corrected chi connectivity index (χ1v) is 5.37. The first kappa shape index (κ1) is 13.6. The molecule has 0 spiro atoms. The van der Waals surface area contributed by atoms with Crippen molar-refractivity contribution in [2.24, 2.45) is 0 Å². The number of carbonyl (C=O) groups excluding carboxylic acids is 1. The standard InChI is InChI=1S/C12H15F2NO2/c1-9(16)17-6-2-5-15-8-10-3-4-11(13)7-12(10)14/h3-4,7,15H,2,5-6,8H2,1H3. The monoisotopic (exact) mass is 243 g/mol. The molecule has 0 saturated carbocycles. The van der Waals surface area contributed by atoms with E-state index in [0.717, 1.165) is 6.07 Å². The number of esters is 1. The van der Waals surface area contributed by atoms with Crippen LogP contribution >= 0.6 is 0 Å². The summed E-state index contributed by atoms with van der Waals surface area (Å²) in [6.45, 7) is 2.62. The van der Waals surface area contributed by atoms with E-state index < -0.39 is 11.6 Å². The quantitative estimate of drug-likeness (QED) is 0.613. The van der Waals surface area contributed by atoms with Crippen LogP contribution in [-0.2, 0) is 16.1 Å². The molecule has 17 heavy (non-hydrogen) atoms. The van der Waals surface area contributed by atoms with Gasteiger partial charge in [-0.2, -0.15) is 0 Å². The maximum absolute atomic E-state index is 13.2. The molecule has 0 fully saturated rings. The summed E-state index contributed by atoms with van der Waals surface area (Å²) in [5, 5.41) is 2.98. The number of benzene rings is 1. The number of nitrogens with one attached hydrogen (secondary N) is 1. The molecule has 1 aromatic carbocycles. The van der Waals surface area contributed by atoms with Crippen molar-refractivity contribution in [2.75, 3.05) is 13.2 Å². The van der Waals surface area contributed by atoms with Gasteiger partial charge in [-0.3, -0.25) is 4.79 Å². The second kappa shape index (κ2) is 6.96. The predicted octanol–water partition coefficient (Wildman–Crippen LogP) is 2.01. The molecule has 0 unspecified atom stereocenters. The summed E-state index contributed by atoms with van der Waals surface area (Å²) in [6, 6.07) is 3.48. The zero-order valence-corrected chi connectivity index (χ0v) is 9.63. The highest BCUT2D eigenvalue weighted by Crippen LogP contribution is 2.08. The van der Waals surface area contributed by atoms with Crippen molar-refractivity contribution in [2.45, 2.75) is 19.9 Å². The summed E-state index contributed by atoms with van der Waals surface area (Å²) in [4.78, 5) is 10.4. The molecule has 1 N–H and O–H groups in total. The molecular formula is C12H15F2NO2. The second-order valence-electron chi connectivity index (χ2n) is 3.61. The minimum atomic E-state index is -0.582. The van der Waals surface area contributed by atoms with Crippen molar-refractivity contribution in [3.05, 3.63) is 35.4 Å². The molecule has 1 aromatic rings. The zero-order valence-electron chi connectivity index (χ0n) is 9.63. The molecule has 0 amide bonds. The van der Waals surface area contributed by atoms with Crippen molar-refractivity contribution in [3.8, 4) is 0 Å². The molecule has 0 atom stereocenters. The van der Waals surface area contributed by atoms with Crippen LogP contribution in [0.1, 0.15) is 18.9 Å². The van der Waals surface area contributed by atoms with Gasteiger partial charge in [0.25, 0.3) is 0 Å². The van der Waals surface area contributed by atoms with Gasteiger partial charge in [0.1, 0.15) is 11.6 Å². The minimum Gasteiger partial charge on any atom is -0.466 e. The van der Waals surface area contributed by atoms with Gasteiger partial charge in [0.15, 0.2) is 0 Å². The van der Waals surface area contributed by atoms with E-state index in [1.165, 1.54) is 19.1 Å². The van der Waals surface area contributed by atoms with Crippen LogP contribution < -0.4 is 5.32 Å². The molecule has 0 aliphatic carbocycles. The van der Waals surface area contributed by atoms with Gasteiger partial charge in [0.05, 0.1) is 6.61 Å². The Bertz CT molecular complexity index is 383. The highest BCUT2D eigenvalue weighted by Gasteiger charge is 2.02. The normalized spacial score (nSPS) is 10.3. The number of carbonyl (C=O) groups is 1. The summed E-state index contributed by atoms with van der Waals surface area (Å²) in [6.07, 6.45) is 0.655. The van der Waals surface area contributed by atoms with Crippen molar-refractivity contribution in [1.29, 1.82) is 0 Å². The van der Waals surface area contributed by atoms with E-state index in [9.17, 15) is 13.6 Å². The summed E-state index contributed by atoms with van der Waals surface area (Å²) in [7, 11) is 0. The molecule has 1 rings (SSSR count). The van der Waals surface area contributed by atoms with E-state index in [0.29, 0.717) is 31.7 Å². The lowest BCUT2D eigenvalue weighted by molar-refractivity contribution is -0.141. The highest BCUT2D eigenvalue weighted by atomic mass is 19.1. The zero-order chi connectivity index (χ0) is 12.7. The Balaban J connectivity index is 2.20. The van der Waals surface area contributed by atoms with Crippen LogP contribution in [0.4, 0.5) is 8.78 Å². The van der Waals surface area contributed by atoms with Gasteiger partial charge in [0.2, 0.25) is 0 Å². The van der Waals surface area contributed by atoms with Crippen LogP contribution in [0.25, 0.3) is 0 Å². The van der Waals surface area contributed by atoms with Gasteiger partial charge < -0.3 is 10.1 Å². The summed E-state index contributed by atoms with van der Waals surface area (Å²) in [5.74, 6) is -1.45. The summed E-state index contributed by atoms with van der Waals surface area (Å²) >= 11 is 0. The smallest absolute Gasteiger partial charge is 0.302 e. The van der Waals surface area contributed by atoms with Gasteiger partial charge >= 0.3 is 5.97 Å². The summed E-state index contributed by atoms with van der Waals surface area (Å²) < 4.78 is 30.5. The first-order chi connectivity index (χ1) is 8.09. The van der Waals surface area contributed by atoms with Crippen LogP contribution in [0, 0.1) is 11.6 Å². The molecule has 0 radical (unpaired) electrons. The second-order valence-corrected chi connectivity index (χ2v) is 3.61. The molecule has 0 heterocycles. The molecule has 3 nitrogen and oxygen atoms in total. The Labute approximate surface area is 98.8 Å². The Morgan fingerprint density at radius 2 is 2.18 bits per heavy atom. The van der Waals surface area contributed by atoms with E-state index in [1.807, 2.05) is 0 Å². The van der Waals surface area contributed by atoms with Crippen molar-refractivity contribution in [3.63, 3.8) is 0 Å². The third-order valence-corrected chi connectivity index (χ3v) is 2.13. The van der Waals surface area contributed by atoms with E-state index >= 15 is 0 Å². The van der Waals surface area contributed by atoms with E-state index in [4.69, 9.17) is 4.74 Å². The topological polar surface area (TPSA) is 38.3 Å². The average Bonchev–Trinajstić information content (AvgIpc) is 2.25. The highest BCUT2D eigenvalue weighted by molar-refractivity contribution is 5.65. The first-order valence-electron chi connectivity index (χ1n) is 5.37. The van der Waals surface area contributed by atoms with E-state index in [1.54, 1.807) is 0 Å². The number of rotatable bonds is 6. The molecular weight excluding hydrogens is 228 g/mol. The predicted molar refractivity (Wildman–Crippen MR) is 59.3 cm³/mol. The number of ether oxygens (including phenoxy) is 1. The van der Waals surface area contributed by atoms with Crippen LogP contribution in [-0.4, -0.2) is 19.1 Å². The van der Waals surface area contributed by atoms with Crippen molar-refractivity contribution < 1.29 is 18.3 Å². The Morgan fingerprint density at radius 3 is 2.82 bits per heavy atom.